The molecule has 0 aliphatic carbocycles. The summed E-state index contributed by atoms with van der Waals surface area (Å²) in [6.45, 7) is 3.55. The Morgan fingerprint density at radius 2 is 0.920 bits per heavy atom. The molecular weight excluding hydrogens is 651 g/mol. The number of carbonyl (C=O) groups is 2. The van der Waals surface area contributed by atoms with Gasteiger partial charge in [-0.2, -0.15) is 0 Å². The molecule has 0 aromatic rings. The van der Waals surface area contributed by atoms with Gasteiger partial charge in [-0.3, -0.25) is 14.1 Å². The average molecular weight is 721 g/mol. The van der Waals surface area contributed by atoms with Crippen LogP contribution in [0.1, 0.15) is 155 Å². The van der Waals surface area contributed by atoms with Crippen LogP contribution in [0.4, 0.5) is 0 Å². The smallest absolute Gasteiger partial charge is 0.462 e. The third-order valence-corrected chi connectivity index (χ3v) is 8.18. The zero-order valence-corrected chi connectivity index (χ0v) is 32.2. The van der Waals surface area contributed by atoms with Crippen molar-refractivity contribution in [2.24, 2.45) is 0 Å². The predicted octanol–water partition coefficient (Wildman–Crippen LogP) is 11.5. The van der Waals surface area contributed by atoms with E-state index in [9.17, 15) is 14.2 Å². The van der Waals surface area contributed by atoms with Gasteiger partial charge in [-0.15, -0.1) is 0 Å². The molecule has 8 nitrogen and oxygen atoms in total. The first-order valence-electron chi connectivity index (χ1n) is 19.2. The molecule has 0 aliphatic heterocycles. The lowest BCUT2D eigenvalue weighted by molar-refractivity contribution is -0.161. The van der Waals surface area contributed by atoms with Gasteiger partial charge in [0.25, 0.3) is 0 Å². The Balaban J connectivity index is 4.14. The highest BCUT2D eigenvalue weighted by Crippen LogP contribution is 2.35. The Morgan fingerprint density at radius 1 is 0.520 bits per heavy atom. The van der Waals surface area contributed by atoms with Gasteiger partial charge in [0, 0.05) is 12.8 Å². The van der Waals surface area contributed by atoms with E-state index in [1.165, 1.54) is 57.8 Å². The largest absolute Gasteiger partial charge is 0.469 e. The first kappa shape index (κ1) is 47.5. The van der Waals surface area contributed by atoms with Gasteiger partial charge in [0.1, 0.15) is 6.61 Å². The first-order valence-corrected chi connectivity index (χ1v) is 20.8. The van der Waals surface area contributed by atoms with E-state index < -0.39 is 32.5 Å². The lowest BCUT2D eigenvalue weighted by atomic mass is 10.1. The Hall–Kier alpha value is -2.51. The van der Waals surface area contributed by atoms with Crippen molar-refractivity contribution in [1.29, 1.82) is 0 Å². The Morgan fingerprint density at radius 3 is 1.44 bits per heavy atom. The van der Waals surface area contributed by atoms with Crippen molar-refractivity contribution in [3.63, 3.8) is 0 Å². The summed E-state index contributed by atoms with van der Waals surface area (Å²) < 4.78 is 26.2. The average Bonchev–Trinajstić information content (AvgIpc) is 3.08. The molecule has 0 aromatic carbocycles. The summed E-state index contributed by atoms with van der Waals surface area (Å²) in [5.41, 5.74) is 0. The topological polar surface area (TPSA) is 119 Å². The van der Waals surface area contributed by atoms with Gasteiger partial charge in [0.2, 0.25) is 0 Å². The first-order chi connectivity index (χ1) is 24.3. The Labute approximate surface area is 304 Å². The molecule has 0 aromatic heterocycles. The van der Waals surface area contributed by atoms with E-state index >= 15 is 0 Å². The van der Waals surface area contributed by atoms with Crippen LogP contribution < -0.4 is 0 Å². The van der Waals surface area contributed by atoms with E-state index in [0.717, 1.165) is 51.4 Å². The number of allylic oxidation sites excluding steroid dienone is 12. The molecule has 50 heavy (non-hydrogen) atoms. The molecule has 0 aliphatic rings. The van der Waals surface area contributed by atoms with Crippen molar-refractivity contribution in [2.75, 3.05) is 13.2 Å². The van der Waals surface area contributed by atoms with E-state index in [0.29, 0.717) is 19.3 Å². The lowest BCUT2D eigenvalue weighted by Crippen LogP contribution is -2.29. The maximum atomic E-state index is 12.3. The van der Waals surface area contributed by atoms with Crippen LogP contribution in [0.2, 0.25) is 0 Å². The van der Waals surface area contributed by atoms with Crippen LogP contribution in [0.15, 0.2) is 72.9 Å². The molecule has 1 atom stereocenters. The normalized spacial score (nSPS) is 13.3. The van der Waals surface area contributed by atoms with Crippen molar-refractivity contribution in [1.82, 2.24) is 0 Å². The van der Waals surface area contributed by atoms with Gasteiger partial charge in [-0.25, -0.2) is 4.57 Å². The summed E-state index contributed by atoms with van der Waals surface area (Å²) in [5, 5.41) is 0. The molecule has 0 saturated carbocycles. The van der Waals surface area contributed by atoms with E-state index in [1.54, 1.807) is 0 Å². The number of hydrogen-bond donors (Lipinski definition) is 2. The maximum absolute atomic E-state index is 12.3. The standard InChI is InChI=1S/C41H69O8P/c1-3-5-7-9-11-13-15-17-19-20-22-24-26-28-30-32-34-36-41(43)49-39(38-48-50(44,45)46)37-47-40(42)35-33-31-29-27-25-23-21-18-16-14-12-10-8-6-4-2/h12,14,17-19,21-22,24-25,27-28,30,39H,3-11,13,15-16,20,23,26,29,31-38H2,1-2H3,(H2,44,45,46)/b14-12-,19-17-,21-18-,24-22-,27-25-,30-28-/t39-/m1/s1. The molecule has 0 amide bonds. The van der Waals surface area contributed by atoms with E-state index in [2.05, 4.69) is 85.2 Å². The van der Waals surface area contributed by atoms with Crippen molar-refractivity contribution in [3.8, 4) is 0 Å². The monoisotopic (exact) mass is 720 g/mol. The van der Waals surface area contributed by atoms with Crippen LogP contribution in [0.5, 0.6) is 0 Å². The fourth-order valence-corrected chi connectivity index (χ4v) is 5.17. The third-order valence-electron chi connectivity index (χ3n) is 7.70. The van der Waals surface area contributed by atoms with E-state index in [-0.39, 0.29) is 19.4 Å². The van der Waals surface area contributed by atoms with E-state index in [1.807, 2.05) is 6.08 Å². The molecule has 0 bridgehead atoms. The minimum atomic E-state index is -4.78. The van der Waals surface area contributed by atoms with Crippen LogP contribution in [0.25, 0.3) is 0 Å². The summed E-state index contributed by atoms with van der Waals surface area (Å²) in [4.78, 5) is 42.7. The highest BCUT2D eigenvalue weighted by Gasteiger charge is 2.22. The van der Waals surface area contributed by atoms with Crippen molar-refractivity contribution in [2.45, 2.75) is 161 Å². The fraction of sp³-hybridized carbons (Fsp3) is 0.659. The number of phosphoric acid groups is 1. The highest BCUT2D eigenvalue weighted by molar-refractivity contribution is 7.46. The zero-order chi connectivity index (χ0) is 36.8. The van der Waals surface area contributed by atoms with Gasteiger partial charge in [-0.1, -0.05) is 132 Å². The summed E-state index contributed by atoms with van der Waals surface area (Å²) in [6.07, 6.45) is 46.3. The predicted molar refractivity (Wildman–Crippen MR) is 207 cm³/mol. The lowest BCUT2D eigenvalue weighted by Gasteiger charge is -2.18. The minimum absolute atomic E-state index is 0.128. The summed E-state index contributed by atoms with van der Waals surface area (Å²) in [6, 6.07) is 0. The highest BCUT2D eigenvalue weighted by atomic mass is 31.2. The Kier molecular flexibility index (Phi) is 34.5. The molecule has 2 N–H and O–H groups in total. The second-order valence-corrected chi connectivity index (χ2v) is 13.8. The van der Waals surface area contributed by atoms with Crippen LogP contribution in [0.3, 0.4) is 0 Å². The number of rotatable bonds is 34. The van der Waals surface area contributed by atoms with Crippen LogP contribution in [-0.2, 0) is 28.2 Å². The van der Waals surface area contributed by atoms with Gasteiger partial charge in [-0.05, 0) is 83.5 Å². The molecule has 0 heterocycles. The second-order valence-electron chi connectivity index (χ2n) is 12.5. The van der Waals surface area contributed by atoms with Crippen LogP contribution >= 0.6 is 7.82 Å². The zero-order valence-electron chi connectivity index (χ0n) is 31.3. The summed E-state index contributed by atoms with van der Waals surface area (Å²) in [7, 11) is -4.78. The molecule has 286 valence electrons. The summed E-state index contributed by atoms with van der Waals surface area (Å²) in [5.74, 6) is -0.998. The van der Waals surface area contributed by atoms with Crippen molar-refractivity contribution < 1.29 is 37.9 Å². The third kappa shape index (κ3) is 38.3. The Bertz CT molecular complexity index is 1040. The van der Waals surface area contributed by atoms with Gasteiger partial charge in [0.15, 0.2) is 6.10 Å². The van der Waals surface area contributed by atoms with Crippen molar-refractivity contribution >= 4 is 19.8 Å². The molecule has 0 saturated heterocycles. The SMILES string of the molecule is CCCCC/C=C\C/C=C\C/C=C\CCCCC(=O)OC[C@H](COP(=O)(O)O)OC(=O)CCC/C=C\C/C=C\C/C=C\CCCCCCCC. The minimum Gasteiger partial charge on any atom is -0.462 e. The molecular formula is C41H69O8P. The molecule has 0 spiro atoms. The maximum Gasteiger partial charge on any atom is 0.469 e. The second kappa shape index (κ2) is 36.3. The van der Waals surface area contributed by atoms with Gasteiger partial charge < -0.3 is 19.3 Å². The molecule has 0 fully saturated rings. The van der Waals surface area contributed by atoms with Crippen LogP contribution in [-0.4, -0.2) is 41.0 Å². The van der Waals surface area contributed by atoms with Gasteiger partial charge in [0.05, 0.1) is 6.61 Å². The molecule has 9 heteroatoms. The number of hydrogen-bond acceptors (Lipinski definition) is 6. The number of esters is 2. The van der Waals surface area contributed by atoms with Crippen molar-refractivity contribution in [3.05, 3.63) is 72.9 Å². The molecule has 0 unspecified atom stereocenters. The van der Waals surface area contributed by atoms with Gasteiger partial charge >= 0.3 is 19.8 Å². The number of ether oxygens (including phenoxy) is 2. The number of unbranched alkanes of at least 4 members (excludes halogenated alkanes) is 12. The summed E-state index contributed by atoms with van der Waals surface area (Å²) >= 11 is 0. The fourth-order valence-electron chi connectivity index (χ4n) is 4.81. The number of carbonyl (C=O) groups excluding carboxylic acids is 2. The quantitative estimate of drug-likeness (QED) is 0.0292. The number of phosphoric ester groups is 1. The molecule has 0 radical (unpaired) electrons. The molecule has 0 rings (SSSR count). The van der Waals surface area contributed by atoms with Crippen LogP contribution in [0, 0.1) is 0 Å². The van der Waals surface area contributed by atoms with E-state index in [4.69, 9.17) is 19.3 Å².